The number of aryl methyl sites for hydroxylation is 1. The Balaban J connectivity index is 1.41. The van der Waals surface area contributed by atoms with Crippen molar-refractivity contribution < 1.29 is 17.6 Å². The van der Waals surface area contributed by atoms with Crippen LogP contribution < -0.4 is 15.6 Å². The van der Waals surface area contributed by atoms with E-state index in [1.807, 2.05) is 0 Å². The van der Waals surface area contributed by atoms with Gasteiger partial charge in [0.15, 0.2) is 0 Å². The molecule has 3 aromatic heterocycles. The third-order valence-electron chi connectivity index (χ3n) is 5.82. The number of nitrogens with zero attached hydrogens (tertiary/aromatic N) is 4. The van der Waals surface area contributed by atoms with Crippen LogP contribution in [0.25, 0.3) is 11.0 Å². The summed E-state index contributed by atoms with van der Waals surface area (Å²) in [5.74, 6) is -1.26. The first-order valence-corrected chi connectivity index (χ1v) is 13.2. The number of carbonyl (C=O) groups excluding carboxylic acids is 1. The molecule has 0 spiro atoms. The van der Waals surface area contributed by atoms with Crippen LogP contribution in [0.5, 0.6) is 0 Å². The van der Waals surface area contributed by atoms with E-state index in [-0.39, 0.29) is 34.2 Å². The Bertz CT molecular complexity index is 1870. The summed E-state index contributed by atoms with van der Waals surface area (Å²) in [6, 6.07) is 17.8. The minimum atomic E-state index is -3.98. The molecule has 0 aliphatic carbocycles. The summed E-state index contributed by atoms with van der Waals surface area (Å²) in [4.78, 5) is 38.6. The number of aromatic nitrogens is 4. The Hall–Kier alpha value is -4.97. The van der Waals surface area contributed by atoms with E-state index in [1.165, 1.54) is 53.4 Å². The third kappa shape index (κ3) is 5.50. The van der Waals surface area contributed by atoms with Gasteiger partial charge in [-0.05, 0) is 61.5 Å². The summed E-state index contributed by atoms with van der Waals surface area (Å²) in [7, 11) is -3.98. The molecule has 1 amide bonds. The molecule has 10 nitrogen and oxygen atoms in total. The van der Waals surface area contributed by atoms with Crippen molar-refractivity contribution in [1.29, 1.82) is 0 Å². The number of pyridine rings is 2. The minimum Gasteiger partial charge on any atom is -0.322 e. The molecule has 12 heteroatoms. The first-order chi connectivity index (χ1) is 18.7. The monoisotopic (exact) mass is 544 g/mol. The predicted molar refractivity (Wildman–Crippen MR) is 143 cm³/mol. The van der Waals surface area contributed by atoms with Crippen LogP contribution in [-0.2, 0) is 16.6 Å². The fourth-order valence-electron chi connectivity index (χ4n) is 3.91. The van der Waals surface area contributed by atoms with Gasteiger partial charge in [0.2, 0.25) is 5.95 Å². The zero-order valence-electron chi connectivity index (χ0n) is 20.5. The summed E-state index contributed by atoms with van der Waals surface area (Å²) < 4.78 is 43.3. The van der Waals surface area contributed by atoms with Gasteiger partial charge in [0.25, 0.3) is 21.5 Å². The first kappa shape index (κ1) is 25.7. The fraction of sp³-hybridized carbons (Fsp3) is 0.0741. The second kappa shape index (κ2) is 10.4. The SMILES string of the molecule is Cc1ccnc(NS(=O)(=O)c2ccc(NC(=O)c3cc4cccnc4n(Cc4ccccc4F)c3=O)cc2)n1. The van der Waals surface area contributed by atoms with Gasteiger partial charge >= 0.3 is 0 Å². The van der Waals surface area contributed by atoms with Gasteiger partial charge in [-0.2, -0.15) is 0 Å². The first-order valence-electron chi connectivity index (χ1n) is 11.7. The van der Waals surface area contributed by atoms with Gasteiger partial charge in [-0.1, -0.05) is 18.2 Å². The molecule has 5 rings (SSSR count). The van der Waals surface area contributed by atoms with Gasteiger partial charge in [-0.3, -0.25) is 14.2 Å². The smallest absolute Gasteiger partial charge is 0.265 e. The van der Waals surface area contributed by atoms with Crippen molar-refractivity contribution in [2.45, 2.75) is 18.4 Å². The van der Waals surface area contributed by atoms with Crippen LogP contribution >= 0.6 is 0 Å². The molecule has 0 bridgehead atoms. The molecular formula is C27H21FN6O4S. The summed E-state index contributed by atoms with van der Waals surface area (Å²) in [5.41, 5.74) is 0.605. The van der Waals surface area contributed by atoms with Gasteiger partial charge < -0.3 is 5.32 Å². The van der Waals surface area contributed by atoms with Gasteiger partial charge in [0.1, 0.15) is 17.0 Å². The minimum absolute atomic E-state index is 0.0650. The summed E-state index contributed by atoms with van der Waals surface area (Å²) in [6.45, 7) is 1.59. The molecule has 3 heterocycles. The average Bonchev–Trinajstić information content (AvgIpc) is 2.91. The second-order valence-electron chi connectivity index (χ2n) is 8.56. The number of carbonyl (C=O) groups is 1. The average molecular weight is 545 g/mol. The molecule has 5 aromatic rings. The van der Waals surface area contributed by atoms with E-state index in [2.05, 4.69) is 25.0 Å². The number of sulfonamides is 1. The lowest BCUT2D eigenvalue weighted by Crippen LogP contribution is -2.30. The standard InChI is InChI=1S/C27H21FN6O4S/c1-17-12-14-30-27(31-17)33-39(37,38)21-10-8-20(9-11-21)32-25(35)22-15-18-6-4-13-29-24(18)34(26(22)36)16-19-5-2-3-7-23(19)28/h2-15H,16H2,1H3,(H,32,35)(H,30,31,33). The van der Waals surface area contributed by atoms with Crippen LogP contribution in [0.15, 0.2) is 94.9 Å². The highest BCUT2D eigenvalue weighted by Gasteiger charge is 2.19. The van der Waals surface area contributed by atoms with Gasteiger partial charge in [0, 0.05) is 34.7 Å². The highest BCUT2D eigenvalue weighted by molar-refractivity contribution is 7.92. The zero-order chi connectivity index (χ0) is 27.6. The summed E-state index contributed by atoms with van der Waals surface area (Å²) in [5, 5.41) is 3.13. The molecule has 2 aromatic carbocycles. The Morgan fingerprint density at radius 1 is 0.974 bits per heavy atom. The van der Waals surface area contributed by atoms with Crippen LogP contribution in [0.2, 0.25) is 0 Å². The summed E-state index contributed by atoms with van der Waals surface area (Å²) >= 11 is 0. The van der Waals surface area contributed by atoms with E-state index in [1.54, 1.807) is 43.3 Å². The number of amides is 1. The highest BCUT2D eigenvalue weighted by atomic mass is 32.2. The van der Waals surface area contributed by atoms with Crippen LogP contribution in [0.1, 0.15) is 21.6 Å². The Kier molecular flexibility index (Phi) is 6.86. The van der Waals surface area contributed by atoms with Crippen molar-refractivity contribution in [2.24, 2.45) is 0 Å². The van der Waals surface area contributed by atoms with Gasteiger partial charge in [0.05, 0.1) is 11.4 Å². The largest absolute Gasteiger partial charge is 0.322 e. The number of hydrogen-bond acceptors (Lipinski definition) is 7. The molecule has 0 radical (unpaired) electrons. The van der Waals surface area contributed by atoms with Crippen molar-refractivity contribution in [1.82, 2.24) is 19.5 Å². The van der Waals surface area contributed by atoms with Crippen LogP contribution in [0, 0.1) is 12.7 Å². The van der Waals surface area contributed by atoms with Gasteiger partial charge in [-0.25, -0.2) is 32.5 Å². The maximum absolute atomic E-state index is 14.3. The maximum atomic E-state index is 14.3. The van der Waals surface area contributed by atoms with E-state index in [9.17, 15) is 22.4 Å². The maximum Gasteiger partial charge on any atom is 0.265 e. The number of halogens is 1. The highest BCUT2D eigenvalue weighted by Crippen LogP contribution is 2.19. The van der Waals surface area contributed by atoms with Crippen molar-refractivity contribution in [2.75, 3.05) is 10.0 Å². The number of hydrogen-bond donors (Lipinski definition) is 2. The van der Waals surface area contributed by atoms with E-state index < -0.39 is 27.3 Å². The van der Waals surface area contributed by atoms with Crippen molar-refractivity contribution in [3.63, 3.8) is 0 Å². The molecule has 196 valence electrons. The normalized spacial score (nSPS) is 11.3. The predicted octanol–water partition coefficient (Wildman–Crippen LogP) is 3.74. The molecule has 0 saturated carbocycles. The Labute approximate surface area is 222 Å². The molecule has 0 aliphatic heterocycles. The van der Waals surface area contributed by atoms with Crippen LogP contribution in [-0.4, -0.2) is 33.8 Å². The molecule has 0 atom stereocenters. The topological polar surface area (TPSA) is 136 Å². The van der Waals surface area contributed by atoms with Crippen molar-refractivity contribution in [3.8, 4) is 0 Å². The van der Waals surface area contributed by atoms with Crippen molar-refractivity contribution in [3.05, 3.63) is 118 Å². The molecule has 0 fully saturated rings. The molecule has 0 aliphatic rings. The molecule has 2 N–H and O–H groups in total. The van der Waals surface area contributed by atoms with Gasteiger partial charge in [-0.15, -0.1) is 0 Å². The lowest BCUT2D eigenvalue weighted by molar-refractivity contribution is 0.102. The number of nitrogens with one attached hydrogen (secondary N) is 2. The lowest BCUT2D eigenvalue weighted by Gasteiger charge is -2.13. The second-order valence-corrected chi connectivity index (χ2v) is 10.2. The fourth-order valence-corrected chi connectivity index (χ4v) is 4.86. The third-order valence-corrected chi connectivity index (χ3v) is 7.17. The quantitative estimate of drug-likeness (QED) is 0.319. The number of rotatable bonds is 7. The lowest BCUT2D eigenvalue weighted by atomic mass is 10.1. The Morgan fingerprint density at radius 3 is 2.49 bits per heavy atom. The number of anilines is 2. The van der Waals surface area contributed by atoms with Crippen LogP contribution in [0.4, 0.5) is 16.0 Å². The van der Waals surface area contributed by atoms with E-state index in [0.717, 1.165) is 0 Å². The van der Waals surface area contributed by atoms with Crippen LogP contribution in [0.3, 0.4) is 0 Å². The van der Waals surface area contributed by atoms with E-state index >= 15 is 0 Å². The van der Waals surface area contributed by atoms with E-state index in [0.29, 0.717) is 16.7 Å². The number of benzene rings is 2. The van der Waals surface area contributed by atoms with E-state index in [4.69, 9.17) is 0 Å². The molecule has 0 saturated heterocycles. The summed E-state index contributed by atoms with van der Waals surface area (Å²) in [6.07, 6.45) is 2.95. The Morgan fingerprint density at radius 2 is 1.74 bits per heavy atom. The molecule has 39 heavy (non-hydrogen) atoms. The zero-order valence-corrected chi connectivity index (χ0v) is 21.3. The molecular weight excluding hydrogens is 523 g/mol. The van der Waals surface area contributed by atoms with Crippen molar-refractivity contribution >= 4 is 38.6 Å². The number of fused-ring (bicyclic) bond motifs is 1. The molecule has 0 unspecified atom stereocenters.